The number of thiophene rings is 1. The highest BCUT2D eigenvalue weighted by atomic mass is 79.9. The van der Waals surface area contributed by atoms with Crippen molar-refractivity contribution in [2.75, 3.05) is 32.7 Å². The van der Waals surface area contributed by atoms with Crippen LogP contribution in [0.4, 0.5) is 0 Å². The number of hydrogen-bond donors (Lipinski definition) is 0. The molecule has 0 fully saturated rings. The average molecular weight is 363 g/mol. The Labute approximate surface area is 119 Å². The number of rotatable bonds is 7. The topological polar surface area (TPSA) is 46.6 Å². The Kier molecular flexibility index (Phi) is 6.39. The van der Waals surface area contributed by atoms with Crippen molar-refractivity contribution in [3.05, 3.63) is 15.9 Å². The van der Waals surface area contributed by atoms with Gasteiger partial charge in [-0.25, -0.2) is 8.42 Å². The second kappa shape index (κ2) is 7.06. The molecule has 0 radical (unpaired) electrons. The molecule has 0 bridgehead atoms. The molecule has 0 amide bonds. The van der Waals surface area contributed by atoms with Gasteiger partial charge in [0.05, 0.1) is 10.4 Å². The molecule has 1 aromatic rings. The van der Waals surface area contributed by atoms with Crippen LogP contribution in [-0.2, 0) is 14.8 Å². The SMILES string of the molecule is COCCN(CCCl)S(=O)(=O)c1ccc(Br)s1. The Balaban J connectivity index is 2.91. The van der Waals surface area contributed by atoms with E-state index in [0.717, 1.165) is 3.79 Å². The zero-order valence-electron chi connectivity index (χ0n) is 9.23. The first kappa shape index (κ1) is 15.4. The zero-order chi connectivity index (χ0) is 12.9. The lowest BCUT2D eigenvalue weighted by atomic mass is 10.6. The number of alkyl halides is 1. The maximum Gasteiger partial charge on any atom is 0.252 e. The van der Waals surface area contributed by atoms with Crippen molar-refractivity contribution in [2.24, 2.45) is 0 Å². The van der Waals surface area contributed by atoms with E-state index in [0.29, 0.717) is 17.4 Å². The van der Waals surface area contributed by atoms with Gasteiger partial charge in [0, 0.05) is 26.1 Å². The van der Waals surface area contributed by atoms with Gasteiger partial charge in [0.2, 0.25) is 0 Å². The minimum Gasteiger partial charge on any atom is -0.383 e. The predicted octanol–water partition coefficient (Wildman–Crippen LogP) is 2.39. The summed E-state index contributed by atoms with van der Waals surface area (Å²) in [7, 11) is -1.92. The summed E-state index contributed by atoms with van der Waals surface area (Å²) in [5, 5.41) is 0. The third-order valence-electron chi connectivity index (χ3n) is 2.02. The molecule has 1 aromatic heterocycles. The van der Waals surface area contributed by atoms with Gasteiger partial charge >= 0.3 is 0 Å². The highest BCUT2D eigenvalue weighted by Crippen LogP contribution is 2.28. The van der Waals surface area contributed by atoms with Crippen molar-refractivity contribution in [2.45, 2.75) is 4.21 Å². The molecule has 1 rings (SSSR count). The van der Waals surface area contributed by atoms with Gasteiger partial charge in [0.15, 0.2) is 0 Å². The first-order valence-corrected chi connectivity index (χ1v) is 8.41. The highest BCUT2D eigenvalue weighted by Gasteiger charge is 2.25. The monoisotopic (exact) mass is 361 g/mol. The maximum absolute atomic E-state index is 12.2. The normalized spacial score (nSPS) is 12.2. The molecule has 4 nitrogen and oxygen atoms in total. The van der Waals surface area contributed by atoms with Crippen LogP contribution in [0.3, 0.4) is 0 Å². The van der Waals surface area contributed by atoms with E-state index < -0.39 is 10.0 Å². The fraction of sp³-hybridized carbons (Fsp3) is 0.556. The average Bonchev–Trinajstić information content (AvgIpc) is 2.71. The fourth-order valence-electron chi connectivity index (χ4n) is 1.20. The Hall–Kier alpha value is 0.340. The molecule has 0 aliphatic rings. The zero-order valence-corrected chi connectivity index (χ0v) is 13.2. The first-order valence-electron chi connectivity index (χ1n) is 4.82. The minimum atomic E-state index is -3.46. The second-order valence-electron chi connectivity index (χ2n) is 3.14. The summed E-state index contributed by atoms with van der Waals surface area (Å²) < 4.78 is 31.8. The lowest BCUT2D eigenvalue weighted by Gasteiger charge is -2.19. The van der Waals surface area contributed by atoms with Crippen LogP contribution < -0.4 is 0 Å². The van der Waals surface area contributed by atoms with E-state index in [9.17, 15) is 8.42 Å². The minimum absolute atomic E-state index is 0.259. The summed E-state index contributed by atoms with van der Waals surface area (Å²) in [5.41, 5.74) is 0. The van der Waals surface area contributed by atoms with Gasteiger partial charge in [0.1, 0.15) is 4.21 Å². The Morgan fingerprint density at radius 3 is 2.65 bits per heavy atom. The van der Waals surface area contributed by atoms with E-state index in [1.807, 2.05) is 0 Å². The Morgan fingerprint density at radius 1 is 1.47 bits per heavy atom. The predicted molar refractivity (Wildman–Crippen MR) is 73.4 cm³/mol. The molecular weight excluding hydrogens is 350 g/mol. The molecule has 0 aliphatic heterocycles. The molecule has 8 heteroatoms. The van der Waals surface area contributed by atoms with Crippen LogP contribution >= 0.6 is 38.9 Å². The summed E-state index contributed by atoms with van der Waals surface area (Å²) in [5.74, 6) is 0.259. The molecule has 0 aliphatic carbocycles. The molecule has 0 saturated heterocycles. The Morgan fingerprint density at radius 2 is 2.18 bits per heavy atom. The van der Waals surface area contributed by atoms with Crippen LogP contribution in [0.2, 0.25) is 0 Å². The molecule has 0 aromatic carbocycles. The Bertz CT molecular complexity index is 449. The van der Waals surface area contributed by atoms with Crippen LogP contribution in [-0.4, -0.2) is 45.4 Å². The molecule has 0 atom stereocenters. The van der Waals surface area contributed by atoms with Gasteiger partial charge in [-0.15, -0.1) is 22.9 Å². The maximum atomic E-state index is 12.2. The van der Waals surface area contributed by atoms with Crippen LogP contribution in [0.25, 0.3) is 0 Å². The van der Waals surface area contributed by atoms with E-state index in [2.05, 4.69) is 15.9 Å². The third-order valence-corrected chi connectivity index (χ3v) is 6.18. The number of nitrogens with zero attached hydrogens (tertiary/aromatic N) is 1. The standard InChI is InChI=1S/C9H13BrClNO3S2/c1-15-7-6-12(5-4-11)17(13,14)9-3-2-8(10)16-9/h2-3H,4-7H2,1H3. The fourth-order valence-corrected chi connectivity index (χ4v) is 5.10. The van der Waals surface area contributed by atoms with E-state index >= 15 is 0 Å². The second-order valence-corrected chi connectivity index (χ2v) is 8.15. The largest absolute Gasteiger partial charge is 0.383 e. The molecule has 0 spiro atoms. The molecule has 17 heavy (non-hydrogen) atoms. The molecule has 98 valence electrons. The van der Waals surface area contributed by atoms with Crippen LogP contribution in [0.1, 0.15) is 0 Å². The van der Waals surface area contributed by atoms with Crippen molar-refractivity contribution < 1.29 is 13.2 Å². The first-order chi connectivity index (χ1) is 8.02. The number of ether oxygens (including phenoxy) is 1. The summed E-state index contributed by atoms with van der Waals surface area (Å²) >= 11 is 10.1. The third kappa shape index (κ3) is 4.18. The lowest BCUT2D eigenvalue weighted by Crippen LogP contribution is -2.35. The van der Waals surface area contributed by atoms with E-state index in [4.69, 9.17) is 16.3 Å². The van der Waals surface area contributed by atoms with Crippen molar-refractivity contribution >= 4 is 48.9 Å². The molecule has 1 heterocycles. The van der Waals surface area contributed by atoms with Crippen LogP contribution in [0, 0.1) is 0 Å². The molecule has 0 unspecified atom stereocenters. The summed E-state index contributed by atoms with van der Waals surface area (Å²) in [4.78, 5) is 0. The number of halogens is 2. The van der Waals surface area contributed by atoms with E-state index in [1.54, 1.807) is 12.1 Å². The molecular formula is C9H13BrClNO3S2. The van der Waals surface area contributed by atoms with Crippen molar-refractivity contribution in [1.82, 2.24) is 4.31 Å². The van der Waals surface area contributed by atoms with Gasteiger partial charge in [-0.3, -0.25) is 0 Å². The quantitative estimate of drug-likeness (QED) is 0.700. The van der Waals surface area contributed by atoms with Gasteiger partial charge in [-0.05, 0) is 28.1 Å². The van der Waals surface area contributed by atoms with Gasteiger partial charge in [-0.2, -0.15) is 4.31 Å². The smallest absolute Gasteiger partial charge is 0.252 e. The van der Waals surface area contributed by atoms with Crippen LogP contribution in [0.15, 0.2) is 20.1 Å². The number of methoxy groups -OCH3 is 1. The molecule has 0 N–H and O–H groups in total. The lowest BCUT2D eigenvalue weighted by molar-refractivity contribution is 0.180. The van der Waals surface area contributed by atoms with Crippen molar-refractivity contribution in [3.8, 4) is 0 Å². The summed E-state index contributed by atoms with van der Waals surface area (Å²) in [6.45, 7) is 0.937. The summed E-state index contributed by atoms with van der Waals surface area (Å²) in [6, 6.07) is 3.30. The van der Waals surface area contributed by atoms with Gasteiger partial charge < -0.3 is 4.74 Å². The van der Waals surface area contributed by atoms with Crippen molar-refractivity contribution in [3.63, 3.8) is 0 Å². The highest BCUT2D eigenvalue weighted by molar-refractivity contribution is 9.11. The van der Waals surface area contributed by atoms with E-state index in [-0.39, 0.29) is 12.4 Å². The number of sulfonamides is 1. The van der Waals surface area contributed by atoms with Gasteiger partial charge in [0.25, 0.3) is 10.0 Å². The number of hydrogen-bond acceptors (Lipinski definition) is 4. The van der Waals surface area contributed by atoms with E-state index in [1.165, 1.54) is 22.8 Å². The van der Waals surface area contributed by atoms with Crippen molar-refractivity contribution in [1.29, 1.82) is 0 Å². The molecule has 0 saturated carbocycles. The van der Waals surface area contributed by atoms with Gasteiger partial charge in [-0.1, -0.05) is 0 Å². The van der Waals surface area contributed by atoms with Crippen LogP contribution in [0.5, 0.6) is 0 Å². The summed E-state index contributed by atoms with van der Waals surface area (Å²) in [6.07, 6.45) is 0.